The average molecular weight is 259 g/mol. The molecule has 2 rings (SSSR count). The SMILES string of the molecule is Cn1ccc(CC2(CBr)CCOC2)n1. The third kappa shape index (κ3) is 2.01. The van der Waals surface area contributed by atoms with Gasteiger partial charge in [-0.15, -0.1) is 0 Å². The van der Waals surface area contributed by atoms with Crippen molar-refractivity contribution in [1.29, 1.82) is 0 Å². The molecule has 0 aromatic carbocycles. The van der Waals surface area contributed by atoms with E-state index in [4.69, 9.17) is 4.74 Å². The Balaban J connectivity index is 2.08. The van der Waals surface area contributed by atoms with Crippen molar-refractivity contribution in [3.8, 4) is 0 Å². The zero-order chi connectivity index (χ0) is 10.0. The average Bonchev–Trinajstić information content (AvgIpc) is 2.77. The fourth-order valence-electron chi connectivity index (χ4n) is 1.88. The first-order chi connectivity index (χ1) is 6.74. The molecule has 0 bridgehead atoms. The smallest absolute Gasteiger partial charge is 0.0631 e. The lowest BCUT2D eigenvalue weighted by atomic mass is 9.85. The summed E-state index contributed by atoms with van der Waals surface area (Å²) in [5.74, 6) is 0. The maximum absolute atomic E-state index is 5.47. The molecular formula is C10H15BrN2O. The van der Waals surface area contributed by atoms with Crippen LogP contribution in [0.2, 0.25) is 0 Å². The first-order valence-corrected chi connectivity index (χ1v) is 5.98. The number of hydrogen-bond acceptors (Lipinski definition) is 2. The van der Waals surface area contributed by atoms with Gasteiger partial charge in [0, 0.05) is 37.0 Å². The van der Waals surface area contributed by atoms with E-state index in [0.29, 0.717) is 0 Å². The quantitative estimate of drug-likeness (QED) is 0.773. The van der Waals surface area contributed by atoms with Gasteiger partial charge in [-0.3, -0.25) is 4.68 Å². The molecule has 1 unspecified atom stereocenters. The summed E-state index contributed by atoms with van der Waals surface area (Å²) in [5.41, 5.74) is 1.44. The second kappa shape index (κ2) is 4.03. The summed E-state index contributed by atoms with van der Waals surface area (Å²) in [6.07, 6.45) is 4.14. The van der Waals surface area contributed by atoms with Crippen molar-refractivity contribution in [2.75, 3.05) is 18.5 Å². The van der Waals surface area contributed by atoms with Crippen molar-refractivity contribution < 1.29 is 4.74 Å². The third-order valence-corrected chi connectivity index (χ3v) is 3.98. The van der Waals surface area contributed by atoms with Gasteiger partial charge in [0.25, 0.3) is 0 Å². The molecule has 1 aliphatic rings. The molecular weight excluding hydrogens is 244 g/mol. The Morgan fingerprint density at radius 2 is 2.57 bits per heavy atom. The molecule has 1 aliphatic heterocycles. The van der Waals surface area contributed by atoms with Gasteiger partial charge in [0.1, 0.15) is 0 Å². The minimum atomic E-state index is 0.272. The Labute approximate surface area is 92.6 Å². The number of nitrogens with zero attached hydrogens (tertiary/aromatic N) is 2. The summed E-state index contributed by atoms with van der Waals surface area (Å²) in [6, 6.07) is 2.09. The summed E-state index contributed by atoms with van der Waals surface area (Å²) >= 11 is 3.58. The maximum Gasteiger partial charge on any atom is 0.0631 e. The summed E-state index contributed by atoms with van der Waals surface area (Å²) in [4.78, 5) is 0. The molecule has 1 fully saturated rings. The molecule has 1 atom stereocenters. The topological polar surface area (TPSA) is 27.1 Å². The molecule has 1 saturated heterocycles. The van der Waals surface area contributed by atoms with Crippen LogP contribution in [0.25, 0.3) is 0 Å². The third-order valence-electron chi connectivity index (χ3n) is 2.79. The van der Waals surface area contributed by atoms with Gasteiger partial charge in [-0.1, -0.05) is 15.9 Å². The van der Waals surface area contributed by atoms with E-state index in [-0.39, 0.29) is 5.41 Å². The van der Waals surface area contributed by atoms with Gasteiger partial charge in [-0.2, -0.15) is 5.10 Å². The molecule has 0 aliphatic carbocycles. The van der Waals surface area contributed by atoms with Gasteiger partial charge in [0.2, 0.25) is 0 Å². The monoisotopic (exact) mass is 258 g/mol. The van der Waals surface area contributed by atoms with E-state index >= 15 is 0 Å². The van der Waals surface area contributed by atoms with Crippen LogP contribution in [0.3, 0.4) is 0 Å². The lowest BCUT2D eigenvalue weighted by Gasteiger charge is -2.23. The van der Waals surface area contributed by atoms with Crippen molar-refractivity contribution in [2.45, 2.75) is 12.8 Å². The first kappa shape index (κ1) is 10.2. The second-order valence-corrected chi connectivity index (χ2v) is 4.65. The van der Waals surface area contributed by atoms with Crippen LogP contribution in [0.1, 0.15) is 12.1 Å². The van der Waals surface area contributed by atoms with Gasteiger partial charge in [-0.25, -0.2) is 0 Å². The Kier molecular flexibility index (Phi) is 2.93. The van der Waals surface area contributed by atoms with Crippen molar-refractivity contribution in [3.05, 3.63) is 18.0 Å². The molecule has 0 N–H and O–H groups in total. The highest BCUT2D eigenvalue weighted by molar-refractivity contribution is 9.09. The molecule has 1 aromatic rings. The summed E-state index contributed by atoms with van der Waals surface area (Å²) in [5, 5.41) is 5.40. The second-order valence-electron chi connectivity index (χ2n) is 4.09. The lowest BCUT2D eigenvalue weighted by molar-refractivity contribution is 0.161. The number of aryl methyl sites for hydroxylation is 1. The standard InChI is InChI=1S/C10H15BrN2O/c1-13-4-2-9(12-13)6-10(7-11)3-5-14-8-10/h2,4H,3,5-8H2,1H3. The highest BCUT2D eigenvalue weighted by Crippen LogP contribution is 2.33. The number of halogens is 1. The Bertz CT molecular complexity index is 305. The number of alkyl halides is 1. The molecule has 0 spiro atoms. The predicted octanol–water partition coefficient (Wildman–Crippen LogP) is 1.76. The molecule has 3 nitrogen and oxygen atoms in total. The highest BCUT2D eigenvalue weighted by atomic mass is 79.9. The van der Waals surface area contributed by atoms with Gasteiger partial charge in [0.15, 0.2) is 0 Å². The molecule has 14 heavy (non-hydrogen) atoms. The molecule has 2 heterocycles. The van der Waals surface area contributed by atoms with Crippen molar-refractivity contribution in [1.82, 2.24) is 9.78 Å². The van der Waals surface area contributed by atoms with E-state index < -0.39 is 0 Å². The molecule has 1 aromatic heterocycles. The minimum Gasteiger partial charge on any atom is -0.381 e. The molecule has 0 saturated carbocycles. The fraction of sp³-hybridized carbons (Fsp3) is 0.700. The Morgan fingerprint density at radius 1 is 1.71 bits per heavy atom. The van der Waals surface area contributed by atoms with Crippen LogP contribution >= 0.6 is 15.9 Å². The fourth-order valence-corrected chi connectivity index (χ4v) is 2.52. The normalized spacial score (nSPS) is 27.0. The minimum absolute atomic E-state index is 0.272. The van der Waals surface area contributed by atoms with Crippen LogP contribution in [0.4, 0.5) is 0 Å². The summed E-state index contributed by atoms with van der Waals surface area (Å²) < 4.78 is 7.32. The van der Waals surface area contributed by atoms with E-state index in [1.165, 1.54) is 0 Å². The van der Waals surface area contributed by atoms with E-state index in [1.54, 1.807) is 0 Å². The van der Waals surface area contributed by atoms with Crippen LogP contribution in [0, 0.1) is 5.41 Å². The Hall–Kier alpha value is -0.350. The Morgan fingerprint density at radius 3 is 3.07 bits per heavy atom. The van der Waals surface area contributed by atoms with Crippen LogP contribution < -0.4 is 0 Å². The zero-order valence-corrected chi connectivity index (χ0v) is 9.96. The number of hydrogen-bond donors (Lipinski definition) is 0. The first-order valence-electron chi connectivity index (χ1n) is 4.86. The van der Waals surface area contributed by atoms with E-state index in [0.717, 1.165) is 37.1 Å². The van der Waals surface area contributed by atoms with Gasteiger partial charge in [-0.05, 0) is 12.5 Å². The van der Waals surface area contributed by atoms with Gasteiger partial charge in [0.05, 0.1) is 12.3 Å². The van der Waals surface area contributed by atoms with E-state index in [1.807, 2.05) is 17.9 Å². The summed E-state index contributed by atoms with van der Waals surface area (Å²) in [7, 11) is 1.95. The molecule has 0 radical (unpaired) electrons. The lowest BCUT2D eigenvalue weighted by Crippen LogP contribution is -2.26. The van der Waals surface area contributed by atoms with Gasteiger partial charge >= 0.3 is 0 Å². The van der Waals surface area contributed by atoms with Crippen molar-refractivity contribution >= 4 is 15.9 Å². The van der Waals surface area contributed by atoms with E-state index in [2.05, 4.69) is 27.1 Å². The van der Waals surface area contributed by atoms with Crippen molar-refractivity contribution in [2.24, 2.45) is 12.5 Å². The molecule has 4 heteroatoms. The largest absolute Gasteiger partial charge is 0.381 e. The van der Waals surface area contributed by atoms with Gasteiger partial charge < -0.3 is 4.74 Å². The summed E-state index contributed by atoms with van der Waals surface area (Å²) in [6.45, 7) is 1.74. The molecule has 78 valence electrons. The van der Waals surface area contributed by atoms with Crippen LogP contribution in [0.5, 0.6) is 0 Å². The highest BCUT2D eigenvalue weighted by Gasteiger charge is 2.34. The van der Waals surface area contributed by atoms with Crippen LogP contribution in [-0.4, -0.2) is 28.3 Å². The number of ether oxygens (including phenoxy) is 1. The predicted molar refractivity (Wildman–Crippen MR) is 58.6 cm³/mol. The zero-order valence-electron chi connectivity index (χ0n) is 8.37. The van der Waals surface area contributed by atoms with E-state index in [9.17, 15) is 0 Å². The van der Waals surface area contributed by atoms with Crippen LogP contribution in [-0.2, 0) is 18.2 Å². The van der Waals surface area contributed by atoms with Crippen LogP contribution in [0.15, 0.2) is 12.3 Å². The maximum atomic E-state index is 5.47. The molecule has 0 amide bonds. The van der Waals surface area contributed by atoms with Crippen molar-refractivity contribution in [3.63, 3.8) is 0 Å². The number of rotatable bonds is 3. The number of aromatic nitrogens is 2.